The first-order valence-corrected chi connectivity index (χ1v) is 5.53. The Balaban J connectivity index is 3.26. The van der Waals surface area contributed by atoms with Gasteiger partial charge in [0.2, 0.25) is 0 Å². The highest BCUT2D eigenvalue weighted by Gasteiger charge is 2.21. The molecular formula is C12H15ClO4. The molecule has 1 N–H and O–H groups in total. The maximum atomic E-state index is 11.8. The lowest BCUT2D eigenvalue weighted by atomic mass is 10.1. The van der Waals surface area contributed by atoms with E-state index in [0.29, 0.717) is 16.3 Å². The Morgan fingerprint density at radius 1 is 1.47 bits per heavy atom. The van der Waals surface area contributed by atoms with E-state index in [4.69, 9.17) is 21.1 Å². The van der Waals surface area contributed by atoms with Crippen molar-refractivity contribution in [3.8, 4) is 11.5 Å². The van der Waals surface area contributed by atoms with E-state index in [9.17, 15) is 9.90 Å². The summed E-state index contributed by atoms with van der Waals surface area (Å²) >= 11 is 6.01. The van der Waals surface area contributed by atoms with Gasteiger partial charge >= 0.3 is 5.97 Å². The van der Waals surface area contributed by atoms with Crippen molar-refractivity contribution in [1.82, 2.24) is 0 Å². The van der Waals surface area contributed by atoms with E-state index in [1.807, 2.05) is 0 Å². The van der Waals surface area contributed by atoms with Crippen LogP contribution >= 0.6 is 11.6 Å². The van der Waals surface area contributed by atoms with E-state index in [2.05, 4.69) is 0 Å². The maximum Gasteiger partial charge on any atom is 0.342 e. The fourth-order valence-electron chi connectivity index (χ4n) is 1.43. The minimum atomic E-state index is -0.598. The Morgan fingerprint density at radius 2 is 2.06 bits per heavy atom. The molecule has 0 aliphatic carbocycles. The number of phenolic OH excluding ortho intramolecular Hbond substituents is 1. The number of halogens is 1. The number of hydrogen-bond acceptors (Lipinski definition) is 4. The molecule has 0 fully saturated rings. The molecule has 0 radical (unpaired) electrons. The number of ether oxygens (including phenoxy) is 2. The quantitative estimate of drug-likeness (QED) is 0.847. The van der Waals surface area contributed by atoms with Crippen LogP contribution in [0.1, 0.15) is 29.8 Å². The predicted molar refractivity (Wildman–Crippen MR) is 65.0 cm³/mol. The molecule has 0 aliphatic heterocycles. The molecule has 94 valence electrons. The fraction of sp³-hybridized carbons (Fsp3) is 0.417. The number of esters is 1. The lowest BCUT2D eigenvalue weighted by Gasteiger charge is -2.14. The van der Waals surface area contributed by atoms with Gasteiger partial charge in [-0.3, -0.25) is 0 Å². The van der Waals surface area contributed by atoms with Crippen LogP contribution in [-0.2, 0) is 4.74 Å². The van der Waals surface area contributed by atoms with Gasteiger partial charge in [0.1, 0.15) is 17.1 Å². The summed E-state index contributed by atoms with van der Waals surface area (Å²) in [6, 6.07) is 1.30. The van der Waals surface area contributed by atoms with E-state index in [-0.39, 0.29) is 17.4 Å². The van der Waals surface area contributed by atoms with Crippen LogP contribution in [-0.4, -0.2) is 24.3 Å². The van der Waals surface area contributed by atoms with Gasteiger partial charge < -0.3 is 14.6 Å². The Hall–Kier alpha value is -1.42. The first-order chi connectivity index (χ1) is 7.88. The molecule has 0 saturated carbocycles. The average Bonchev–Trinajstić information content (AvgIpc) is 2.22. The van der Waals surface area contributed by atoms with Crippen LogP contribution in [0.3, 0.4) is 0 Å². The van der Waals surface area contributed by atoms with Gasteiger partial charge in [-0.25, -0.2) is 4.79 Å². The second-order valence-corrected chi connectivity index (χ2v) is 4.24. The van der Waals surface area contributed by atoms with E-state index >= 15 is 0 Å². The summed E-state index contributed by atoms with van der Waals surface area (Å²) in [4.78, 5) is 11.8. The number of phenols is 1. The van der Waals surface area contributed by atoms with Crippen molar-refractivity contribution in [3.05, 3.63) is 22.2 Å². The third-order valence-corrected chi connectivity index (χ3v) is 2.68. The number of carbonyl (C=O) groups is 1. The topological polar surface area (TPSA) is 55.8 Å². The molecule has 0 unspecified atom stereocenters. The normalized spacial score (nSPS) is 10.5. The predicted octanol–water partition coefficient (Wildman–Crippen LogP) is 2.93. The monoisotopic (exact) mass is 258 g/mol. The molecule has 1 aromatic rings. The van der Waals surface area contributed by atoms with E-state index in [1.54, 1.807) is 20.8 Å². The Bertz CT molecular complexity index is 441. The van der Waals surface area contributed by atoms with Gasteiger partial charge in [0.05, 0.1) is 18.2 Å². The smallest absolute Gasteiger partial charge is 0.342 e. The minimum Gasteiger partial charge on any atom is -0.507 e. The Labute approximate surface area is 105 Å². The SMILES string of the molecule is COc1cc(O)c(C(=O)OC(C)C)c(C)c1Cl. The van der Waals surface area contributed by atoms with Crippen molar-refractivity contribution in [2.24, 2.45) is 0 Å². The van der Waals surface area contributed by atoms with Crippen LogP contribution in [0.4, 0.5) is 0 Å². The Kier molecular flexibility index (Phi) is 4.23. The standard InChI is InChI=1S/C12H15ClO4/c1-6(2)17-12(15)10-7(3)11(13)9(16-4)5-8(10)14/h5-6,14H,1-4H3. The Morgan fingerprint density at radius 3 is 2.53 bits per heavy atom. The zero-order valence-corrected chi connectivity index (χ0v) is 11.0. The molecule has 0 aliphatic rings. The van der Waals surface area contributed by atoms with Gasteiger partial charge in [-0.05, 0) is 26.3 Å². The molecule has 4 nitrogen and oxygen atoms in total. The van der Waals surface area contributed by atoms with Crippen molar-refractivity contribution < 1.29 is 19.4 Å². The van der Waals surface area contributed by atoms with Crippen LogP contribution in [0.2, 0.25) is 5.02 Å². The van der Waals surface area contributed by atoms with Crippen LogP contribution < -0.4 is 4.74 Å². The molecule has 1 rings (SSSR count). The molecule has 5 heteroatoms. The van der Waals surface area contributed by atoms with E-state index in [0.717, 1.165) is 0 Å². The van der Waals surface area contributed by atoms with Gasteiger partial charge in [-0.2, -0.15) is 0 Å². The third kappa shape index (κ3) is 2.82. The van der Waals surface area contributed by atoms with Crippen molar-refractivity contribution in [2.45, 2.75) is 26.9 Å². The number of methoxy groups -OCH3 is 1. The number of rotatable bonds is 3. The first-order valence-electron chi connectivity index (χ1n) is 5.15. The molecular weight excluding hydrogens is 244 g/mol. The number of benzene rings is 1. The first kappa shape index (κ1) is 13.6. The van der Waals surface area contributed by atoms with E-state index < -0.39 is 5.97 Å². The summed E-state index contributed by atoms with van der Waals surface area (Å²) in [5, 5.41) is 10.1. The van der Waals surface area contributed by atoms with Crippen LogP contribution in [0.15, 0.2) is 6.07 Å². The van der Waals surface area contributed by atoms with Crippen molar-refractivity contribution in [2.75, 3.05) is 7.11 Å². The second kappa shape index (κ2) is 5.27. The minimum absolute atomic E-state index is 0.0736. The molecule has 0 spiro atoms. The van der Waals surface area contributed by atoms with Crippen molar-refractivity contribution in [3.63, 3.8) is 0 Å². The summed E-state index contributed by atoms with van der Waals surface area (Å²) in [7, 11) is 1.44. The summed E-state index contributed by atoms with van der Waals surface area (Å²) in [5.74, 6) is -0.475. The van der Waals surface area contributed by atoms with Gasteiger partial charge in [0.15, 0.2) is 0 Å². The largest absolute Gasteiger partial charge is 0.507 e. The van der Waals surface area contributed by atoms with Crippen LogP contribution in [0.25, 0.3) is 0 Å². The molecule has 0 aromatic heterocycles. The highest BCUT2D eigenvalue weighted by Crippen LogP contribution is 2.36. The zero-order chi connectivity index (χ0) is 13.2. The lowest BCUT2D eigenvalue weighted by molar-refractivity contribution is 0.0374. The molecule has 0 saturated heterocycles. The second-order valence-electron chi connectivity index (χ2n) is 3.87. The van der Waals surface area contributed by atoms with Crippen LogP contribution in [0.5, 0.6) is 11.5 Å². The van der Waals surface area contributed by atoms with Gasteiger partial charge in [0, 0.05) is 6.07 Å². The molecule has 0 bridgehead atoms. The highest BCUT2D eigenvalue weighted by molar-refractivity contribution is 6.33. The molecule has 0 heterocycles. The zero-order valence-electron chi connectivity index (χ0n) is 10.2. The van der Waals surface area contributed by atoms with Gasteiger partial charge in [-0.1, -0.05) is 11.6 Å². The number of hydrogen-bond donors (Lipinski definition) is 1. The van der Waals surface area contributed by atoms with Crippen molar-refractivity contribution >= 4 is 17.6 Å². The maximum absolute atomic E-state index is 11.8. The summed E-state index contributed by atoms with van der Waals surface area (Å²) < 4.78 is 10.0. The third-order valence-electron chi connectivity index (χ3n) is 2.21. The lowest BCUT2D eigenvalue weighted by Crippen LogP contribution is -2.13. The van der Waals surface area contributed by atoms with Gasteiger partial charge in [0.25, 0.3) is 0 Å². The summed E-state index contributed by atoms with van der Waals surface area (Å²) in [6.45, 7) is 5.09. The summed E-state index contributed by atoms with van der Waals surface area (Å²) in [5.41, 5.74) is 0.513. The molecule has 1 aromatic carbocycles. The van der Waals surface area contributed by atoms with Crippen LogP contribution in [0, 0.1) is 6.92 Å². The molecule has 17 heavy (non-hydrogen) atoms. The highest BCUT2D eigenvalue weighted by atomic mass is 35.5. The number of carbonyl (C=O) groups excluding carboxylic acids is 1. The molecule has 0 amide bonds. The number of aromatic hydroxyl groups is 1. The summed E-state index contributed by atoms with van der Waals surface area (Å²) in [6.07, 6.45) is -0.262. The molecule has 0 atom stereocenters. The van der Waals surface area contributed by atoms with E-state index in [1.165, 1.54) is 13.2 Å². The average molecular weight is 259 g/mol. The van der Waals surface area contributed by atoms with Crippen molar-refractivity contribution in [1.29, 1.82) is 0 Å². The fourth-order valence-corrected chi connectivity index (χ4v) is 1.65. The van der Waals surface area contributed by atoms with Gasteiger partial charge in [-0.15, -0.1) is 0 Å².